The van der Waals surface area contributed by atoms with E-state index in [0.717, 1.165) is 19.1 Å². The number of hydrogen-bond donors (Lipinski definition) is 1. The van der Waals surface area contributed by atoms with Crippen LogP contribution in [0.3, 0.4) is 0 Å². The molecule has 0 saturated carbocycles. The molecule has 0 aromatic carbocycles. The van der Waals surface area contributed by atoms with E-state index in [1.54, 1.807) is 11.3 Å². The van der Waals surface area contributed by atoms with Crippen LogP contribution in [-0.4, -0.2) is 54.1 Å². The number of nitrogens with zero attached hydrogens (tertiary/aromatic N) is 3. The fourth-order valence-corrected chi connectivity index (χ4v) is 4.22. The van der Waals surface area contributed by atoms with Crippen molar-refractivity contribution in [3.05, 3.63) is 16.1 Å². The van der Waals surface area contributed by atoms with E-state index in [-0.39, 0.29) is 0 Å². The van der Waals surface area contributed by atoms with Gasteiger partial charge in [0.15, 0.2) is 0 Å². The average Bonchev–Trinajstić information content (AvgIpc) is 3.11. The maximum absolute atomic E-state index is 4.70. The van der Waals surface area contributed by atoms with Gasteiger partial charge in [-0.1, -0.05) is 6.42 Å². The predicted octanol–water partition coefficient (Wildman–Crippen LogP) is 1.92. The highest BCUT2D eigenvalue weighted by atomic mass is 32.1. The Bertz CT molecular complexity index is 414. The van der Waals surface area contributed by atoms with Crippen LogP contribution in [0.15, 0.2) is 5.38 Å². The Hall–Kier alpha value is -0.490. The van der Waals surface area contributed by atoms with Crippen LogP contribution in [0, 0.1) is 0 Å². The average molecular weight is 294 g/mol. The number of thiazole rings is 1. The standard InChI is InChI=1S/C15H26N4S/c1-16-9-15-17-13(12-20-15)10-18-8-5-14(11-18)19-6-3-2-4-7-19/h12,14,16H,2-11H2,1H3. The first-order valence-corrected chi connectivity index (χ1v) is 8.77. The van der Waals surface area contributed by atoms with E-state index in [1.807, 2.05) is 7.05 Å². The van der Waals surface area contributed by atoms with Gasteiger partial charge in [0.2, 0.25) is 0 Å². The third kappa shape index (κ3) is 3.58. The molecule has 0 radical (unpaired) electrons. The van der Waals surface area contributed by atoms with Crippen molar-refractivity contribution in [2.24, 2.45) is 0 Å². The first-order chi connectivity index (χ1) is 9.85. The zero-order valence-corrected chi connectivity index (χ0v) is 13.3. The van der Waals surface area contributed by atoms with E-state index in [9.17, 15) is 0 Å². The molecule has 5 heteroatoms. The van der Waals surface area contributed by atoms with E-state index in [4.69, 9.17) is 4.98 Å². The SMILES string of the molecule is CNCc1nc(CN2CCC(N3CCCCC3)C2)cs1. The van der Waals surface area contributed by atoms with Gasteiger partial charge in [-0.15, -0.1) is 11.3 Å². The molecule has 0 aliphatic carbocycles. The maximum atomic E-state index is 4.70. The van der Waals surface area contributed by atoms with Gasteiger partial charge < -0.3 is 5.32 Å². The van der Waals surface area contributed by atoms with Crippen LogP contribution in [0.4, 0.5) is 0 Å². The third-order valence-electron chi connectivity index (χ3n) is 4.47. The summed E-state index contributed by atoms with van der Waals surface area (Å²) in [7, 11) is 1.98. The Morgan fingerprint density at radius 1 is 1.30 bits per heavy atom. The van der Waals surface area contributed by atoms with Crippen molar-refractivity contribution in [3.8, 4) is 0 Å². The van der Waals surface area contributed by atoms with E-state index < -0.39 is 0 Å². The van der Waals surface area contributed by atoms with Crippen molar-refractivity contribution < 1.29 is 0 Å². The molecule has 1 unspecified atom stereocenters. The fourth-order valence-electron chi connectivity index (χ4n) is 3.42. The zero-order valence-electron chi connectivity index (χ0n) is 12.5. The van der Waals surface area contributed by atoms with Crippen molar-refractivity contribution in [2.75, 3.05) is 33.2 Å². The number of rotatable bonds is 5. The molecule has 1 aromatic heterocycles. The molecule has 1 aromatic rings. The number of nitrogens with one attached hydrogen (secondary N) is 1. The van der Waals surface area contributed by atoms with Crippen LogP contribution in [0.1, 0.15) is 36.4 Å². The van der Waals surface area contributed by atoms with E-state index in [2.05, 4.69) is 20.5 Å². The second-order valence-corrected chi connectivity index (χ2v) is 6.98. The van der Waals surface area contributed by atoms with Crippen LogP contribution in [0.2, 0.25) is 0 Å². The van der Waals surface area contributed by atoms with Crippen LogP contribution >= 0.6 is 11.3 Å². The molecule has 0 bridgehead atoms. The molecule has 3 rings (SSSR count). The summed E-state index contributed by atoms with van der Waals surface area (Å²) in [5, 5.41) is 6.59. The molecular formula is C15H26N4S. The van der Waals surface area contributed by atoms with Crippen molar-refractivity contribution in [1.29, 1.82) is 0 Å². The van der Waals surface area contributed by atoms with Crippen molar-refractivity contribution >= 4 is 11.3 Å². The van der Waals surface area contributed by atoms with E-state index in [1.165, 1.54) is 62.6 Å². The summed E-state index contributed by atoms with van der Waals surface area (Å²) in [4.78, 5) is 10.0. The Kier molecular flexibility index (Phi) is 5.04. The minimum Gasteiger partial charge on any atom is -0.314 e. The third-order valence-corrected chi connectivity index (χ3v) is 5.37. The Morgan fingerprint density at radius 3 is 2.95 bits per heavy atom. The maximum Gasteiger partial charge on any atom is 0.107 e. The minimum atomic E-state index is 0.797. The summed E-state index contributed by atoms with van der Waals surface area (Å²) in [5.41, 5.74) is 1.25. The summed E-state index contributed by atoms with van der Waals surface area (Å²) in [6.07, 6.45) is 5.57. The Balaban J connectivity index is 1.49. The lowest BCUT2D eigenvalue weighted by atomic mass is 10.1. The first-order valence-electron chi connectivity index (χ1n) is 7.89. The lowest BCUT2D eigenvalue weighted by molar-refractivity contribution is 0.161. The zero-order chi connectivity index (χ0) is 13.8. The molecule has 2 fully saturated rings. The van der Waals surface area contributed by atoms with Crippen LogP contribution in [0.5, 0.6) is 0 Å². The lowest BCUT2D eigenvalue weighted by Crippen LogP contribution is -2.40. The molecule has 2 aliphatic rings. The molecule has 0 spiro atoms. The Morgan fingerprint density at radius 2 is 2.15 bits per heavy atom. The van der Waals surface area contributed by atoms with Gasteiger partial charge in [-0.05, 0) is 39.4 Å². The molecule has 2 saturated heterocycles. The van der Waals surface area contributed by atoms with E-state index in [0.29, 0.717) is 0 Å². The highest BCUT2D eigenvalue weighted by Crippen LogP contribution is 2.22. The summed E-state index contributed by atoms with van der Waals surface area (Å²) >= 11 is 1.78. The molecule has 2 aliphatic heterocycles. The first kappa shape index (κ1) is 14.4. The summed E-state index contributed by atoms with van der Waals surface area (Å²) < 4.78 is 0. The number of likely N-dealkylation sites (tertiary alicyclic amines) is 2. The van der Waals surface area contributed by atoms with Gasteiger partial charge in [-0.2, -0.15) is 0 Å². The highest BCUT2D eigenvalue weighted by molar-refractivity contribution is 7.09. The van der Waals surface area contributed by atoms with Crippen LogP contribution < -0.4 is 5.32 Å². The smallest absolute Gasteiger partial charge is 0.107 e. The van der Waals surface area contributed by atoms with Gasteiger partial charge in [-0.3, -0.25) is 9.80 Å². The van der Waals surface area contributed by atoms with Crippen LogP contribution in [0.25, 0.3) is 0 Å². The molecule has 3 heterocycles. The Labute approximate surface area is 126 Å². The van der Waals surface area contributed by atoms with Gasteiger partial charge in [0, 0.05) is 37.6 Å². The molecule has 20 heavy (non-hydrogen) atoms. The summed E-state index contributed by atoms with van der Waals surface area (Å²) in [6, 6.07) is 0.797. The second-order valence-electron chi connectivity index (χ2n) is 6.04. The second kappa shape index (κ2) is 6.98. The number of piperidine rings is 1. The van der Waals surface area contributed by atoms with Gasteiger partial charge in [0.25, 0.3) is 0 Å². The fraction of sp³-hybridized carbons (Fsp3) is 0.800. The van der Waals surface area contributed by atoms with Gasteiger partial charge in [0.1, 0.15) is 5.01 Å². The molecule has 1 N–H and O–H groups in total. The lowest BCUT2D eigenvalue weighted by Gasteiger charge is -2.32. The normalized spacial score (nSPS) is 25.4. The molecule has 112 valence electrons. The van der Waals surface area contributed by atoms with E-state index >= 15 is 0 Å². The topological polar surface area (TPSA) is 31.4 Å². The number of hydrogen-bond acceptors (Lipinski definition) is 5. The van der Waals surface area contributed by atoms with Crippen molar-refractivity contribution in [2.45, 2.75) is 44.8 Å². The monoisotopic (exact) mass is 294 g/mol. The molecule has 4 nitrogen and oxygen atoms in total. The summed E-state index contributed by atoms with van der Waals surface area (Å²) in [6.45, 7) is 7.04. The summed E-state index contributed by atoms with van der Waals surface area (Å²) in [5.74, 6) is 0. The predicted molar refractivity (Wildman–Crippen MR) is 84.0 cm³/mol. The largest absolute Gasteiger partial charge is 0.314 e. The quantitative estimate of drug-likeness (QED) is 0.899. The minimum absolute atomic E-state index is 0.797. The van der Waals surface area contributed by atoms with Gasteiger partial charge in [-0.25, -0.2) is 4.98 Å². The van der Waals surface area contributed by atoms with Crippen molar-refractivity contribution in [1.82, 2.24) is 20.1 Å². The number of aromatic nitrogens is 1. The highest BCUT2D eigenvalue weighted by Gasteiger charge is 2.28. The van der Waals surface area contributed by atoms with Gasteiger partial charge >= 0.3 is 0 Å². The van der Waals surface area contributed by atoms with Gasteiger partial charge in [0.05, 0.1) is 5.69 Å². The van der Waals surface area contributed by atoms with Crippen molar-refractivity contribution in [3.63, 3.8) is 0 Å². The van der Waals surface area contributed by atoms with Crippen LogP contribution in [-0.2, 0) is 13.1 Å². The molecular weight excluding hydrogens is 268 g/mol. The molecule has 1 atom stereocenters. The molecule has 0 amide bonds.